The first kappa shape index (κ1) is 16.7. The van der Waals surface area contributed by atoms with Gasteiger partial charge in [0, 0.05) is 4.47 Å². The third-order valence-electron chi connectivity index (χ3n) is 4.42. The van der Waals surface area contributed by atoms with Gasteiger partial charge in [0.05, 0.1) is 19.3 Å². The number of amides is 2. The number of imide groups is 1. The van der Waals surface area contributed by atoms with Crippen molar-refractivity contribution in [2.75, 3.05) is 12.0 Å². The van der Waals surface area contributed by atoms with Crippen molar-refractivity contribution in [3.63, 3.8) is 0 Å². The Hall–Kier alpha value is -2.74. The maximum Gasteiger partial charge on any atom is 0.263 e. The fourth-order valence-corrected chi connectivity index (χ4v) is 3.61. The van der Waals surface area contributed by atoms with Gasteiger partial charge in [0.1, 0.15) is 5.75 Å². The molecule has 0 radical (unpaired) electrons. The molecule has 2 aromatic carbocycles. The summed E-state index contributed by atoms with van der Waals surface area (Å²) in [6, 6.07) is 13.0. The van der Waals surface area contributed by atoms with Crippen LogP contribution in [0.4, 0.5) is 5.69 Å². The quantitative estimate of drug-likeness (QED) is 0.720. The third-order valence-corrected chi connectivity index (χ3v) is 4.92. The second kappa shape index (κ2) is 6.53. The molecule has 132 valence electrons. The summed E-state index contributed by atoms with van der Waals surface area (Å²) in [5.74, 6) is -0.0140. The molecule has 0 aliphatic carbocycles. The third kappa shape index (κ3) is 2.76. The SMILES string of the molecule is COc1ccc(N2C(=O)[C@H]3N=NN(Cc4cccc(Br)c4)[C@@H]3C2=O)cc1. The van der Waals surface area contributed by atoms with Gasteiger partial charge in [0.15, 0.2) is 12.1 Å². The number of rotatable bonds is 4. The summed E-state index contributed by atoms with van der Waals surface area (Å²) in [6.45, 7) is 0.402. The molecule has 0 saturated carbocycles. The molecule has 1 fully saturated rings. The van der Waals surface area contributed by atoms with E-state index in [2.05, 4.69) is 26.3 Å². The zero-order valence-corrected chi connectivity index (χ0v) is 15.5. The summed E-state index contributed by atoms with van der Waals surface area (Å²) in [7, 11) is 1.56. The Kier molecular flexibility index (Phi) is 4.20. The number of benzene rings is 2. The van der Waals surface area contributed by atoms with E-state index in [4.69, 9.17) is 4.74 Å². The average Bonchev–Trinajstić information content (AvgIpc) is 3.16. The highest BCUT2D eigenvalue weighted by Crippen LogP contribution is 2.33. The van der Waals surface area contributed by atoms with E-state index in [1.54, 1.807) is 36.4 Å². The normalized spacial score (nSPS) is 21.5. The molecule has 7 nitrogen and oxygen atoms in total. The minimum absolute atomic E-state index is 0.315. The van der Waals surface area contributed by atoms with Crippen molar-refractivity contribution >= 4 is 33.4 Å². The number of hydrogen-bond acceptors (Lipinski definition) is 6. The molecule has 4 rings (SSSR count). The molecule has 0 bridgehead atoms. The van der Waals surface area contributed by atoms with Crippen molar-refractivity contribution in [3.05, 3.63) is 58.6 Å². The van der Waals surface area contributed by atoms with Crippen molar-refractivity contribution in [3.8, 4) is 5.75 Å². The Bertz CT molecular complexity index is 900. The van der Waals surface area contributed by atoms with Gasteiger partial charge in [-0.1, -0.05) is 33.3 Å². The topological polar surface area (TPSA) is 74.6 Å². The number of ether oxygens (including phenoxy) is 1. The molecule has 0 aromatic heterocycles. The molecule has 8 heteroatoms. The fourth-order valence-electron chi connectivity index (χ4n) is 3.16. The van der Waals surface area contributed by atoms with Crippen molar-refractivity contribution in [2.24, 2.45) is 10.3 Å². The van der Waals surface area contributed by atoms with E-state index in [0.29, 0.717) is 18.0 Å². The van der Waals surface area contributed by atoms with Crippen molar-refractivity contribution in [2.45, 2.75) is 18.6 Å². The molecular weight excluding hydrogens is 400 g/mol. The Labute approximate surface area is 158 Å². The number of anilines is 1. The van der Waals surface area contributed by atoms with Crippen LogP contribution in [-0.2, 0) is 16.1 Å². The van der Waals surface area contributed by atoms with Crippen molar-refractivity contribution in [1.29, 1.82) is 0 Å². The number of fused-ring (bicyclic) bond motifs is 1. The number of nitrogens with zero attached hydrogens (tertiary/aromatic N) is 4. The van der Waals surface area contributed by atoms with Crippen LogP contribution in [0.25, 0.3) is 0 Å². The van der Waals surface area contributed by atoms with Gasteiger partial charge in [-0.15, -0.1) is 0 Å². The summed E-state index contributed by atoms with van der Waals surface area (Å²) in [6.07, 6.45) is 0. The van der Waals surface area contributed by atoms with Crippen LogP contribution in [0.15, 0.2) is 63.3 Å². The molecular formula is C18H15BrN4O3. The Morgan fingerprint density at radius 1 is 1.12 bits per heavy atom. The van der Waals surface area contributed by atoms with Crippen LogP contribution in [0.3, 0.4) is 0 Å². The molecule has 0 unspecified atom stereocenters. The largest absolute Gasteiger partial charge is 0.497 e. The number of carbonyl (C=O) groups is 2. The minimum Gasteiger partial charge on any atom is -0.497 e. The summed E-state index contributed by atoms with van der Waals surface area (Å²) >= 11 is 3.43. The van der Waals surface area contributed by atoms with Crippen LogP contribution in [0.2, 0.25) is 0 Å². The summed E-state index contributed by atoms with van der Waals surface area (Å²) in [5, 5.41) is 9.68. The first-order chi connectivity index (χ1) is 12.6. The predicted molar refractivity (Wildman–Crippen MR) is 97.6 cm³/mol. The average molecular weight is 415 g/mol. The fraction of sp³-hybridized carbons (Fsp3) is 0.222. The molecule has 2 aliphatic rings. The van der Waals surface area contributed by atoms with Crippen LogP contribution in [0, 0.1) is 0 Å². The monoisotopic (exact) mass is 414 g/mol. The van der Waals surface area contributed by atoms with Gasteiger partial charge in [0.25, 0.3) is 11.8 Å². The van der Waals surface area contributed by atoms with E-state index in [9.17, 15) is 9.59 Å². The molecule has 2 atom stereocenters. The summed E-state index contributed by atoms with van der Waals surface area (Å²) in [5.41, 5.74) is 1.48. The lowest BCUT2D eigenvalue weighted by atomic mass is 10.1. The predicted octanol–water partition coefficient (Wildman–Crippen LogP) is 2.95. The number of hydrogen-bond donors (Lipinski definition) is 0. The van der Waals surface area contributed by atoms with Gasteiger partial charge >= 0.3 is 0 Å². The van der Waals surface area contributed by atoms with Crippen LogP contribution in [0.5, 0.6) is 5.75 Å². The standard InChI is InChI=1S/C18H15BrN4O3/c1-26-14-7-5-13(6-8-14)23-17(24)15-16(18(23)25)22(21-20-15)10-11-3-2-4-12(19)9-11/h2-9,15-16H,10H2,1H3/t15-,16-/m0/s1. The molecule has 2 heterocycles. The number of methoxy groups -OCH3 is 1. The lowest BCUT2D eigenvalue weighted by Crippen LogP contribution is -2.39. The molecule has 0 spiro atoms. The smallest absolute Gasteiger partial charge is 0.263 e. The molecule has 0 N–H and O–H groups in total. The minimum atomic E-state index is -0.795. The molecule has 2 amide bonds. The summed E-state index contributed by atoms with van der Waals surface area (Å²) in [4.78, 5) is 26.8. The van der Waals surface area contributed by atoms with Crippen LogP contribution >= 0.6 is 15.9 Å². The number of carbonyl (C=O) groups excluding carboxylic acids is 2. The molecule has 2 aliphatic heterocycles. The van der Waals surface area contributed by atoms with Crippen LogP contribution < -0.4 is 9.64 Å². The second-order valence-corrected chi connectivity index (χ2v) is 6.95. The van der Waals surface area contributed by atoms with E-state index in [1.807, 2.05) is 24.3 Å². The van der Waals surface area contributed by atoms with E-state index >= 15 is 0 Å². The van der Waals surface area contributed by atoms with E-state index in [1.165, 1.54) is 4.90 Å². The maximum absolute atomic E-state index is 12.9. The molecule has 26 heavy (non-hydrogen) atoms. The van der Waals surface area contributed by atoms with E-state index in [0.717, 1.165) is 10.0 Å². The van der Waals surface area contributed by atoms with Gasteiger partial charge < -0.3 is 4.74 Å². The lowest BCUT2D eigenvalue weighted by molar-refractivity contribution is -0.123. The van der Waals surface area contributed by atoms with Gasteiger partial charge in [-0.25, -0.2) is 4.90 Å². The highest BCUT2D eigenvalue weighted by molar-refractivity contribution is 9.10. The van der Waals surface area contributed by atoms with Gasteiger partial charge in [0.2, 0.25) is 0 Å². The molecule has 2 aromatic rings. The second-order valence-electron chi connectivity index (χ2n) is 6.03. The molecule has 1 saturated heterocycles. The Morgan fingerprint density at radius 3 is 2.58 bits per heavy atom. The Morgan fingerprint density at radius 2 is 1.88 bits per heavy atom. The highest BCUT2D eigenvalue weighted by atomic mass is 79.9. The first-order valence-corrected chi connectivity index (χ1v) is 8.81. The lowest BCUT2D eigenvalue weighted by Gasteiger charge is -2.20. The van der Waals surface area contributed by atoms with Gasteiger partial charge in [-0.3, -0.25) is 14.6 Å². The van der Waals surface area contributed by atoms with Crippen LogP contribution in [0.1, 0.15) is 5.56 Å². The first-order valence-electron chi connectivity index (χ1n) is 8.02. The highest BCUT2D eigenvalue weighted by Gasteiger charge is 2.54. The summed E-state index contributed by atoms with van der Waals surface area (Å²) < 4.78 is 6.06. The van der Waals surface area contributed by atoms with Crippen molar-refractivity contribution < 1.29 is 14.3 Å². The van der Waals surface area contributed by atoms with E-state index < -0.39 is 12.1 Å². The van der Waals surface area contributed by atoms with Gasteiger partial charge in [-0.2, -0.15) is 5.11 Å². The van der Waals surface area contributed by atoms with Gasteiger partial charge in [-0.05, 0) is 42.0 Å². The van der Waals surface area contributed by atoms with Crippen molar-refractivity contribution in [1.82, 2.24) is 5.01 Å². The zero-order valence-electron chi connectivity index (χ0n) is 13.9. The maximum atomic E-state index is 12.9. The number of halogens is 1. The van der Waals surface area contributed by atoms with E-state index in [-0.39, 0.29) is 11.8 Å². The van der Waals surface area contributed by atoms with Crippen LogP contribution in [-0.4, -0.2) is 36.0 Å². The Balaban J connectivity index is 1.58. The zero-order chi connectivity index (χ0) is 18.3.